The van der Waals surface area contributed by atoms with Gasteiger partial charge < -0.3 is 14.8 Å². The molecule has 0 aliphatic carbocycles. The number of benzene rings is 2. The van der Waals surface area contributed by atoms with E-state index in [9.17, 15) is 4.79 Å². The van der Waals surface area contributed by atoms with Crippen molar-refractivity contribution in [2.75, 3.05) is 32.6 Å². The molecule has 0 unspecified atom stereocenters. The van der Waals surface area contributed by atoms with E-state index in [1.54, 1.807) is 25.3 Å². The fourth-order valence-electron chi connectivity index (χ4n) is 2.47. The van der Waals surface area contributed by atoms with Crippen LogP contribution in [-0.2, 0) is 11.3 Å². The van der Waals surface area contributed by atoms with Crippen LogP contribution >= 0.6 is 23.2 Å². The summed E-state index contributed by atoms with van der Waals surface area (Å²) < 4.78 is 10.9. The van der Waals surface area contributed by atoms with Gasteiger partial charge in [-0.2, -0.15) is 0 Å². The molecule has 0 fully saturated rings. The molecule has 1 amide bonds. The van der Waals surface area contributed by atoms with E-state index in [1.165, 1.54) is 0 Å². The van der Waals surface area contributed by atoms with Crippen molar-refractivity contribution in [2.45, 2.75) is 13.5 Å². The number of carbonyl (C=O) groups is 1. The van der Waals surface area contributed by atoms with Crippen LogP contribution in [0.5, 0.6) is 11.5 Å². The molecule has 0 saturated carbocycles. The van der Waals surface area contributed by atoms with Crippen LogP contribution in [0.4, 0.5) is 5.69 Å². The van der Waals surface area contributed by atoms with Crippen molar-refractivity contribution >= 4 is 34.8 Å². The molecule has 2 aromatic carbocycles. The SMILES string of the molecule is CCOc1ccc(CN(C)CC(=O)Nc2ccc(Cl)c(Cl)c2)cc1OC. The van der Waals surface area contributed by atoms with Crippen molar-refractivity contribution in [1.82, 2.24) is 4.90 Å². The molecule has 0 spiro atoms. The standard InChI is InChI=1S/C19H22Cl2N2O3/c1-4-26-17-8-5-13(9-18(17)25-3)11-23(2)12-19(24)22-14-6-7-15(20)16(21)10-14/h5-10H,4,11-12H2,1-3H3,(H,22,24). The molecule has 0 aromatic heterocycles. The number of amides is 1. The highest BCUT2D eigenvalue weighted by atomic mass is 35.5. The third-order valence-electron chi connectivity index (χ3n) is 3.60. The van der Waals surface area contributed by atoms with E-state index in [2.05, 4.69) is 5.32 Å². The van der Waals surface area contributed by atoms with E-state index in [4.69, 9.17) is 32.7 Å². The zero-order chi connectivity index (χ0) is 19.1. The number of anilines is 1. The number of hydrogen-bond acceptors (Lipinski definition) is 4. The summed E-state index contributed by atoms with van der Waals surface area (Å²) >= 11 is 11.8. The molecule has 0 saturated heterocycles. The highest BCUT2D eigenvalue weighted by Gasteiger charge is 2.11. The van der Waals surface area contributed by atoms with Crippen molar-refractivity contribution in [1.29, 1.82) is 0 Å². The highest BCUT2D eigenvalue weighted by Crippen LogP contribution is 2.28. The topological polar surface area (TPSA) is 50.8 Å². The maximum absolute atomic E-state index is 12.2. The second-order valence-corrected chi connectivity index (χ2v) is 6.58. The number of rotatable bonds is 8. The highest BCUT2D eigenvalue weighted by molar-refractivity contribution is 6.42. The number of nitrogens with zero attached hydrogens (tertiary/aromatic N) is 1. The quantitative estimate of drug-likeness (QED) is 0.714. The summed E-state index contributed by atoms with van der Waals surface area (Å²) in [6, 6.07) is 10.7. The van der Waals surface area contributed by atoms with Crippen LogP contribution in [0.2, 0.25) is 10.0 Å². The molecule has 0 heterocycles. The van der Waals surface area contributed by atoms with Crippen LogP contribution in [0.1, 0.15) is 12.5 Å². The predicted octanol–water partition coefficient (Wildman–Crippen LogP) is 4.47. The first-order valence-electron chi connectivity index (χ1n) is 8.16. The Hall–Kier alpha value is -1.95. The summed E-state index contributed by atoms with van der Waals surface area (Å²) in [6.07, 6.45) is 0. The van der Waals surface area contributed by atoms with Crippen molar-refractivity contribution in [2.24, 2.45) is 0 Å². The number of ether oxygens (including phenoxy) is 2. The van der Waals surface area contributed by atoms with Crippen LogP contribution in [0.3, 0.4) is 0 Å². The van der Waals surface area contributed by atoms with Crippen LogP contribution in [0, 0.1) is 0 Å². The van der Waals surface area contributed by atoms with Gasteiger partial charge in [0.1, 0.15) is 0 Å². The van der Waals surface area contributed by atoms with Gasteiger partial charge in [0.25, 0.3) is 0 Å². The molecule has 2 rings (SSSR count). The van der Waals surface area contributed by atoms with Gasteiger partial charge in [-0.15, -0.1) is 0 Å². The normalized spacial score (nSPS) is 10.7. The molecular formula is C19H22Cl2N2O3. The maximum atomic E-state index is 12.2. The third kappa shape index (κ3) is 5.80. The summed E-state index contributed by atoms with van der Waals surface area (Å²) in [5.74, 6) is 1.25. The Bertz CT molecular complexity index is 768. The van der Waals surface area contributed by atoms with Gasteiger partial charge in [0.05, 0.1) is 30.3 Å². The number of halogens is 2. The Labute approximate surface area is 163 Å². The summed E-state index contributed by atoms with van der Waals surface area (Å²) in [4.78, 5) is 14.1. The van der Waals surface area contributed by atoms with Crippen molar-refractivity contribution in [3.63, 3.8) is 0 Å². The number of nitrogens with one attached hydrogen (secondary N) is 1. The zero-order valence-electron chi connectivity index (χ0n) is 15.0. The molecule has 0 atom stereocenters. The smallest absolute Gasteiger partial charge is 0.238 e. The van der Waals surface area contributed by atoms with Crippen molar-refractivity contribution in [3.8, 4) is 11.5 Å². The Morgan fingerprint density at radius 3 is 2.54 bits per heavy atom. The largest absolute Gasteiger partial charge is 0.493 e. The lowest BCUT2D eigenvalue weighted by molar-refractivity contribution is -0.117. The lowest BCUT2D eigenvalue weighted by Crippen LogP contribution is -2.29. The average Bonchev–Trinajstić information content (AvgIpc) is 2.59. The molecule has 0 aliphatic heterocycles. The summed E-state index contributed by atoms with van der Waals surface area (Å²) in [5.41, 5.74) is 1.63. The molecule has 26 heavy (non-hydrogen) atoms. The molecule has 0 aliphatic rings. The van der Waals surface area contributed by atoms with Crippen LogP contribution in [0.25, 0.3) is 0 Å². The summed E-state index contributed by atoms with van der Waals surface area (Å²) in [5, 5.41) is 3.66. The van der Waals surface area contributed by atoms with Gasteiger partial charge in [-0.3, -0.25) is 9.69 Å². The van der Waals surface area contributed by atoms with Gasteiger partial charge in [-0.25, -0.2) is 0 Å². The second kappa shape index (κ2) is 9.67. The number of methoxy groups -OCH3 is 1. The average molecular weight is 397 g/mol. The molecule has 0 radical (unpaired) electrons. The van der Waals surface area contributed by atoms with Gasteiger partial charge in [0.15, 0.2) is 11.5 Å². The number of hydrogen-bond donors (Lipinski definition) is 1. The van der Waals surface area contributed by atoms with Crippen molar-refractivity contribution < 1.29 is 14.3 Å². The minimum absolute atomic E-state index is 0.135. The Kier molecular flexibility index (Phi) is 7.57. The van der Waals surface area contributed by atoms with E-state index < -0.39 is 0 Å². The Balaban J connectivity index is 1.94. The van der Waals surface area contributed by atoms with E-state index in [-0.39, 0.29) is 12.5 Å². The third-order valence-corrected chi connectivity index (χ3v) is 4.34. The predicted molar refractivity (Wildman–Crippen MR) is 106 cm³/mol. The molecule has 1 N–H and O–H groups in total. The Morgan fingerprint density at radius 2 is 1.88 bits per heavy atom. The maximum Gasteiger partial charge on any atom is 0.238 e. The molecule has 7 heteroatoms. The minimum Gasteiger partial charge on any atom is -0.493 e. The number of likely N-dealkylation sites (N-methyl/N-ethyl adjacent to an activating group) is 1. The molecule has 2 aromatic rings. The van der Waals surface area contributed by atoms with Gasteiger partial charge in [-0.1, -0.05) is 29.3 Å². The fraction of sp³-hybridized carbons (Fsp3) is 0.316. The van der Waals surface area contributed by atoms with E-state index in [0.717, 1.165) is 5.56 Å². The van der Waals surface area contributed by atoms with Gasteiger partial charge >= 0.3 is 0 Å². The van der Waals surface area contributed by atoms with Gasteiger partial charge in [0, 0.05) is 12.2 Å². The van der Waals surface area contributed by atoms with E-state index in [0.29, 0.717) is 40.4 Å². The minimum atomic E-state index is -0.135. The first-order valence-corrected chi connectivity index (χ1v) is 8.91. The van der Waals surface area contributed by atoms with E-state index in [1.807, 2.05) is 37.1 Å². The molecule has 0 bridgehead atoms. The fourth-order valence-corrected chi connectivity index (χ4v) is 2.77. The molecular weight excluding hydrogens is 375 g/mol. The second-order valence-electron chi connectivity index (χ2n) is 5.77. The first-order chi connectivity index (χ1) is 12.4. The molecule has 5 nitrogen and oxygen atoms in total. The van der Waals surface area contributed by atoms with Crippen LogP contribution in [-0.4, -0.2) is 38.1 Å². The Morgan fingerprint density at radius 1 is 1.12 bits per heavy atom. The number of carbonyl (C=O) groups excluding carboxylic acids is 1. The van der Waals surface area contributed by atoms with Gasteiger partial charge in [-0.05, 0) is 49.9 Å². The van der Waals surface area contributed by atoms with E-state index >= 15 is 0 Å². The van der Waals surface area contributed by atoms with Crippen molar-refractivity contribution in [3.05, 3.63) is 52.0 Å². The summed E-state index contributed by atoms with van der Waals surface area (Å²) in [7, 11) is 3.48. The van der Waals surface area contributed by atoms with Crippen LogP contribution < -0.4 is 14.8 Å². The molecule has 140 valence electrons. The zero-order valence-corrected chi connectivity index (χ0v) is 16.5. The first kappa shape index (κ1) is 20.4. The lowest BCUT2D eigenvalue weighted by atomic mass is 10.2. The summed E-state index contributed by atoms with van der Waals surface area (Å²) in [6.45, 7) is 3.32. The van der Waals surface area contributed by atoms with Crippen LogP contribution in [0.15, 0.2) is 36.4 Å². The monoisotopic (exact) mass is 396 g/mol. The van der Waals surface area contributed by atoms with Gasteiger partial charge in [0.2, 0.25) is 5.91 Å². The lowest BCUT2D eigenvalue weighted by Gasteiger charge is -2.18.